The lowest BCUT2D eigenvalue weighted by Crippen LogP contribution is -1.85. The molecule has 3 rings (SSSR count). The van der Waals surface area contributed by atoms with Crippen molar-refractivity contribution >= 4 is 23.2 Å². The Morgan fingerprint density at radius 1 is 1.35 bits per heavy atom. The number of methoxy groups -OCH3 is 1. The number of aliphatic imine (C=N–C) groups is 1. The van der Waals surface area contributed by atoms with Crippen LogP contribution in [-0.4, -0.2) is 18.3 Å². The first-order valence-corrected chi connectivity index (χ1v) is 6.94. The third-order valence-corrected chi connectivity index (χ3v) is 3.49. The Morgan fingerprint density at radius 2 is 2.30 bits per heavy atom. The fraction of sp³-hybridized carbons (Fsp3) is 0.0667. The number of rotatable bonds is 4. The standard InChI is InChI=1S/C15H12N2O2S/c1-18-14-3-2-12(15-8-16-10-19-15)6-13(14)17-7-11-4-5-20-9-11/h2-10H,1H3. The van der Waals surface area contributed by atoms with Crippen molar-refractivity contribution in [2.45, 2.75) is 0 Å². The van der Waals surface area contributed by atoms with Gasteiger partial charge in [0, 0.05) is 17.3 Å². The Bertz CT molecular complexity index is 704. The Labute approximate surface area is 120 Å². The summed E-state index contributed by atoms with van der Waals surface area (Å²) < 4.78 is 10.6. The maximum atomic E-state index is 5.33. The Kier molecular flexibility index (Phi) is 3.60. The molecule has 0 saturated carbocycles. The van der Waals surface area contributed by atoms with Gasteiger partial charge >= 0.3 is 0 Å². The molecule has 0 N–H and O–H groups in total. The predicted octanol–water partition coefficient (Wildman–Crippen LogP) is 4.16. The Hall–Kier alpha value is -2.40. The van der Waals surface area contributed by atoms with Crippen molar-refractivity contribution in [1.29, 1.82) is 0 Å². The fourth-order valence-electron chi connectivity index (χ4n) is 1.80. The predicted molar refractivity (Wildman–Crippen MR) is 80.1 cm³/mol. The van der Waals surface area contributed by atoms with Gasteiger partial charge in [0.2, 0.25) is 0 Å². The minimum absolute atomic E-state index is 0.708. The van der Waals surface area contributed by atoms with Crippen LogP contribution >= 0.6 is 11.3 Å². The summed E-state index contributed by atoms with van der Waals surface area (Å²) in [6.07, 6.45) is 4.90. The zero-order valence-electron chi connectivity index (χ0n) is 10.8. The van der Waals surface area contributed by atoms with Crippen LogP contribution in [0.25, 0.3) is 11.3 Å². The first kappa shape index (κ1) is 12.6. The van der Waals surface area contributed by atoms with Gasteiger partial charge in [-0.2, -0.15) is 11.3 Å². The molecule has 0 fully saturated rings. The zero-order valence-corrected chi connectivity index (χ0v) is 11.6. The molecule has 0 atom stereocenters. The summed E-state index contributed by atoms with van der Waals surface area (Å²) in [5, 5.41) is 4.06. The Balaban J connectivity index is 1.97. The van der Waals surface area contributed by atoms with E-state index in [-0.39, 0.29) is 0 Å². The molecule has 0 bridgehead atoms. The smallest absolute Gasteiger partial charge is 0.181 e. The summed E-state index contributed by atoms with van der Waals surface area (Å²) in [6.45, 7) is 0. The molecule has 0 aliphatic rings. The van der Waals surface area contributed by atoms with Gasteiger partial charge in [-0.25, -0.2) is 4.98 Å². The van der Waals surface area contributed by atoms with E-state index in [0.717, 1.165) is 22.6 Å². The zero-order chi connectivity index (χ0) is 13.8. The molecule has 0 amide bonds. The van der Waals surface area contributed by atoms with E-state index in [9.17, 15) is 0 Å². The van der Waals surface area contributed by atoms with Crippen LogP contribution in [0.3, 0.4) is 0 Å². The molecule has 0 spiro atoms. The number of hydrogen-bond donors (Lipinski definition) is 0. The molecule has 20 heavy (non-hydrogen) atoms. The molecule has 0 saturated heterocycles. The molecule has 3 aromatic rings. The van der Waals surface area contributed by atoms with E-state index in [1.54, 1.807) is 24.6 Å². The van der Waals surface area contributed by atoms with Crippen LogP contribution in [0.1, 0.15) is 5.56 Å². The highest BCUT2D eigenvalue weighted by molar-refractivity contribution is 7.08. The lowest BCUT2D eigenvalue weighted by Gasteiger charge is -2.05. The number of hydrogen-bond acceptors (Lipinski definition) is 5. The van der Waals surface area contributed by atoms with Crippen molar-refractivity contribution in [2.24, 2.45) is 4.99 Å². The molecule has 5 heteroatoms. The van der Waals surface area contributed by atoms with Crippen molar-refractivity contribution in [1.82, 2.24) is 4.98 Å². The summed E-state index contributed by atoms with van der Waals surface area (Å²) in [5.41, 5.74) is 2.75. The second kappa shape index (κ2) is 5.71. The second-order valence-corrected chi connectivity index (χ2v) is 4.85. The fourth-order valence-corrected chi connectivity index (χ4v) is 2.41. The van der Waals surface area contributed by atoms with Crippen molar-refractivity contribution in [3.05, 3.63) is 53.2 Å². The monoisotopic (exact) mass is 284 g/mol. The van der Waals surface area contributed by atoms with Crippen LogP contribution in [0.2, 0.25) is 0 Å². The first-order chi connectivity index (χ1) is 9.86. The number of ether oxygens (including phenoxy) is 1. The van der Waals surface area contributed by atoms with Crippen LogP contribution < -0.4 is 4.74 Å². The maximum Gasteiger partial charge on any atom is 0.181 e. The summed E-state index contributed by atoms with van der Waals surface area (Å²) in [4.78, 5) is 8.41. The topological polar surface area (TPSA) is 47.6 Å². The minimum Gasteiger partial charge on any atom is -0.494 e. The highest BCUT2D eigenvalue weighted by Gasteiger charge is 2.07. The minimum atomic E-state index is 0.708. The largest absolute Gasteiger partial charge is 0.494 e. The number of benzene rings is 1. The van der Waals surface area contributed by atoms with E-state index >= 15 is 0 Å². The van der Waals surface area contributed by atoms with Crippen molar-refractivity contribution < 1.29 is 9.15 Å². The highest BCUT2D eigenvalue weighted by Crippen LogP contribution is 2.32. The average molecular weight is 284 g/mol. The van der Waals surface area contributed by atoms with Gasteiger partial charge in [0.05, 0.1) is 13.3 Å². The molecule has 0 aliphatic heterocycles. The van der Waals surface area contributed by atoms with Crippen LogP contribution in [0.15, 0.2) is 57.0 Å². The quantitative estimate of drug-likeness (QED) is 0.676. The average Bonchev–Trinajstić information content (AvgIpc) is 3.18. The number of aromatic nitrogens is 1. The van der Waals surface area contributed by atoms with Gasteiger partial charge in [-0.15, -0.1) is 0 Å². The van der Waals surface area contributed by atoms with E-state index in [4.69, 9.17) is 9.15 Å². The summed E-state index contributed by atoms with van der Waals surface area (Å²) in [6, 6.07) is 7.73. The van der Waals surface area contributed by atoms with Crippen LogP contribution in [0, 0.1) is 0 Å². The van der Waals surface area contributed by atoms with Crippen molar-refractivity contribution in [2.75, 3.05) is 7.11 Å². The molecule has 0 radical (unpaired) electrons. The number of nitrogens with zero attached hydrogens (tertiary/aromatic N) is 2. The Morgan fingerprint density at radius 3 is 3.00 bits per heavy atom. The number of oxazole rings is 1. The van der Waals surface area contributed by atoms with E-state index in [2.05, 4.69) is 9.98 Å². The van der Waals surface area contributed by atoms with Crippen LogP contribution in [0.4, 0.5) is 5.69 Å². The van der Waals surface area contributed by atoms with Gasteiger partial charge in [-0.1, -0.05) is 0 Å². The van der Waals surface area contributed by atoms with Crippen molar-refractivity contribution in [3.63, 3.8) is 0 Å². The summed E-state index contributed by atoms with van der Waals surface area (Å²) in [7, 11) is 1.63. The normalized spacial score (nSPS) is 11.1. The molecule has 100 valence electrons. The molecular formula is C15H12N2O2S. The molecule has 0 aliphatic carbocycles. The lowest BCUT2D eigenvalue weighted by molar-refractivity contribution is 0.416. The third kappa shape index (κ3) is 2.62. The van der Waals surface area contributed by atoms with E-state index in [1.807, 2.05) is 41.2 Å². The second-order valence-electron chi connectivity index (χ2n) is 4.07. The van der Waals surface area contributed by atoms with Crippen molar-refractivity contribution in [3.8, 4) is 17.1 Å². The van der Waals surface area contributed by atoms with E-state index in [1.165, 1.54) is 6.39 Å². The lowest BCUT2D eigenvalue weighted by atomic mass is 10.1. The van der Waals surface area contributed by atoms with Gasteiger partial charge in [-0.05, 0) is 35.0 Å². The third-order valence-electron chi connectivity index (χ3n) is 2.79. The SMILES string of the molecule is COc1ccc(-c2cnco2)cc1N=Cc1ccsc1. The highest BCUT2D eigenvalue weighted by atomic mass is 32.1. The van der Waals surface area contributed by atoms with Crippen LogP contribution in [0.5, 0.6) is 5.75 Å². The maximum absolute atomic E-state index is 5.33. The number of thiophene rings is 1. The first-order valence-electron chi connectivity index (χ1n) is 6.00. The van der Waals surface area contributed by atoms with Gasteiger partial charge in [0.15, 0.2) is 12.2 Å². The van der Waals surface area contributed by atoms with Gasteiger partial charge < -0.3 is 9.15 Å². The summed E-state index contributed by atoms with van der Waals surface area (Å²) >= 11 is 1.64. The summed E-state index contributed by atoms with van der Waals surface area (Å²) in [5.74, 6) is 1.43. The molecule has 2 heterocycles. The van der Waals surface area contributed by atoms with Gasteiger partial charge in [-0.3, -0.25) is 4.99 Å². The van der Waals surface area contributed by atoms with E-state index < -0.39 is 0 Å². The van der Waals surface area contributed by atoms with Gasteiger partial charge in [0.25, 0.3) is 0 Å². The molecular weight excluding hydrogens is 272 g/mol. The molecule has 4 nitrogen and oxygen atoms in total. The molecule has 2 aromatic heterocycles. The molecule has 1 aromatic carbocycles. The molecule has 0 unspecified atom stereocenters. The van der Waals surface area contributed by atoms with Crippen LogP contribution in [-0.2, 0) is 0 Å². The van der Waals surface area contributed by atoms with E-state index in [0.29, 0.717) is 5.76 Å². The van der Waals surface area contributed by atoms with Gasteiger partial charge in [0.1, 0.15) is 11.4 Å².